The predicted octanol–water partition coefficient (Wildman–Crippen LogP) is 3.49. The summed E-state index contributed by atoms with van der Waals surface area (Å²) in [4.78, 5) is 0. The van der Waals surface area contributed by atoms with Crippen molar-refractivity contribution in [3.63, 3.8) is 0 Å². The lowest BCUT2D eigenvalue weighted by atomic mass is 10.1. The van der Waals surface area contributed by atoms with Gasteiger partial charge in [0.2, 0.25) is 0 Å². The smallest absolute Gasteiger partial charge is 0.133 e. The number of nitrogen functional groups attached to an aromatic ring is 1. The molecule has 0 saturated carbocycles. The average Bonchev–Trinajstić information content (AvgIpc) is 2.72. The SMILES string of the molecule is Cc1ccccc1[Si@@H](c1ccccc1)c1ccc(-c2ccc(N)cc2)cc1. The summed E-state index contributed by atoms with van der Waals surface area (Å²) in [6, 6.07) is 36.9. The molecule has 132 valence electrons. The Morgan fingerprint density at radius 1 is 0.556 bits per heavy atom. The Labute approximate surface area is 162 Å². The van der Waals surface area contributed by atoms with Crippen LogP contribution in [0, 0.1) is 6.92 Å². The maximum absolute atomic E-state index is 5.82. The first-order valence-electron chi connectivity index (χ1n) is 9.29. The summed E-state index contributed by atoms with van der Waals surface area (Å²) in [5.74, 6) is 0. The van der Waals surface area contributed by atoms with Gasteiger partial charge >= 0.3 is 0 Å². The van der Waals surface area contributed by atoms with Crippen molar-refractivity contribution in [2.24, 2.45) is 0 Å². The van der Waals surface area contributed by atoms with Crippen LogP contribution in [0.15, 0.2) is 103 Å². The molecule has 0 saturated heterocycles. The van der Waals surface area contributed by atoms with E-state index in [2.05, 4.69) is 97.9 Å². The van der Waals surface area contributed by atoms with Crippen LogP contribution in [0.2, 0.25) is 0 Å². The van der Waals surface area contributed by atoms with E-state index >= 15 is 0 Å². The largest absolute Gasteiger partial charge is 0.399 e. The van der Waals surface area contributed by atoms with Crippen molar-refractivity contribution in [2.75, 3.05) is 5.73 Å². The predicted molar refractivity (Wildman–Crippen MR) is 120 cm³/mol. The summed E-state index contributed by atoms with van der Waals surface area (Å²) in [6.45, 7) is 2.22. The van der Waals surface area contributed by atoms with E-state index in [0.717, 1.165) is 5.69 Å². The first-order valence-corrected chi connectivity index (χ1v) is 11.0. The van der Waals surface area contributed by atoms with Crippen LogP contribution in [0.4, 0.5) is 5.69 Å². The molecule has 0 aliphatic carbocycles. The highest BCUT2D eigenvalue weighted by Crippen LogP contribution is 2.19. The van der Waals surface area contributed by atoms with Crippen LogP contribution in [0.3, 0.4) is 0 Å². The van der Waals surface area contributed by atoms with Crippen LogP contribution < -0.4 is 21.3 Å². The highest BCUT2D eigenvalue weighted by molar-refractivity contribution is 6.95. The molecule has 0 unspecified atom stereocenters. The van der Waals surface area contributed by atoms with Crippen molar-refractivity contribution in [3.8, 4) is 11.1 Å². The van der Waals surface area contributed by atoms with Gasteiger partial charge in [0.1, 0.15) is 8.80 Å². The standard InChI is InChI=1S/C25H23NSi/c1-19-7-5-6-10-25(19)27(23-8-3-2-4-9-23)24-17-13-21(14-18-24)20-11-15-22(26)16-12-20/h2-18,27H,26H2,1H3/t27-/m0/s1. The molecule has 4 aromatic carbocycles. The molecule has 4 aromatic rings. The molecule has 1 nitrogen and oxygen atoms in total. The third-order valence-electron chi connectivity index (χ3n) is 5.12. The van der Waals surface area contributed by atoms with Crippen LogP contribution in [0.5, 0.6) is 0 Å². The van der Waals surface area contributed by atoms with Crippen molar-refractivity contribution < 1.29 is 0 Å². The van der Waals surface area contributed by atoms with E-state index in [-0.39, 0.29) is 0 Å². The van der Waals surface area contributed by atoms with Gasteiger partial charge in [0.05, 0.1) is 0 Å². The van der Waals surface area contributed by atoms with Gasteiger partial charge in [-0.2, -0.15) is 0 Å². The molecule has 0 spiro atoms. The summed E-state index contributed by atoms with van der Waals surface area (Å²) < 4.78 is 0. The number of rotatable bonds is 4. The molecule has 0 bridgehead atoms. The molecule has 0 aliphatic rings. The Kier molecular flexibility index (Phi) is 4.90. The molecule has 4 rings (SSSR count). The first-order chi connectivity index (χ1) is 13.2. The summed E-state index contributed by atoms with van der Waals surface area (Å²) in [5.41, 5.74) is 10.4. The van der Waals surface area contributed by atoms with Gasteiger partial charge in [0.15, 0.2) is 0 Å². The van der Waals surface area contributed by atoms with E-state index in [0.29, 0.717) is 0 Å². The number of hydrogen-bond donors (Lipinski definition) is 1. The maximum atomic E-state index is 5.82. The summed E-state index contributed by atoms with van der Waals surface area (Å²) in [7, 11) is -1.49. The molecule has 27 heavy (non-hydrogen) atoms. The topological polar surface area (TPSA) is 26.0 Å². The second-order valence-corrected chi connectivity index (χ2v) is 9.77. The summed E-state index contributed by atoms with van der Waals surface area (Å²) in [6.07, 6.45) is 0. The Hall–Kier alpha value is -3.10. The minimum atomic E-state index is -1.49. The van der Waals surface area contributed by atoms with Gasteiger partial charge in [-0.1, -0.05) is 107 Å². The number of anilines is 1. The second kappa shape index (κ2) is 7.64. The quantitative estimate of drug-likeness (QED) is 0.334. The average molecular weight is 366 g/mol. The Morgan fingerprint density at radius 3 is 1.70 bits per heavy atom. The van der Waals surface area contributed by atoms with Crippen molar-refractivity contribution in [3.05, 3.63) is 109 Å². The number of nitrogens with two attached hydrogens (primary N) is 1. The van der Waals surface area contributed by atoms with E-state index in [4.69, 9.17) is 5.73 Å². The van der Waals surface area contributed by atoms with Crippen LogP contribution in [0.1, 0.15) is 5.56 Å². The van der Waals surface area contributed by atoms with Gasteiger partial charge < -0.3 is 5.73 Å². The van der Waals surface area contributed by atoms with Gasteiger partial charge in [-0.05, 0) is 35.4 Å². The lowest BCUT2D eigenvalue weighted by Crippen LogP contribution is -2.52. The monoisotopic (exact) mass is 365 g/mol. The van der Waals surface area contributed by atoms with Gasteiger partial charge in [-0.15, -0.1) is 0 Å². The minimum Gasteiger partial charge on any atom is -0.399 e. The minimum absolute atomic E-state index is 0.798. The zero-order valence-electron chi connectivity index (χ0n) is 15.5. The zero-order valence-corrected chi connectivity index (χ0v) is 16.6. The molecule has 0 radical (unpaired) electrons. The second-order valence-electron chi connectivity index (χ2n) is 6.94. The van der Waals surface area contributed by atoms with Gasteiger partial charge in [-0.25, -0.2) is 0 Å². The van der Waals surface area contributed by atoms with E-state index in [1.807, 2.05) is 12.1 Å². The molecule has 0 aliphatic heterocycles. The van der Waals surface area contributed by atoms with Crippen molar-refractivity contribution in [1.29, 1.82) is 0 Å². The number of benzene rings is 4. The molecule has 1 atom stereocenters. The molecule has 2 heteroatoms. The third-order valence-corrected chi connectivity index (χ3v) is 8.49. The maximum Gasteiger partial charge on any atom is 0.133 e. The molecule has 0 amide bonds. The molecular weight excluding hydrogens is 342 g/mol. The van der Waals surface area contributed by atoms with Crippen molar-refractivity contribution >= 4 is 30.0 Å². The number of aryl methyl sites for hydroxylation is 1. The van der Waals surface area contributed by atoms with Gasteiger partial charge in [0.25, 0.3) is 0 Å². The van der Waals surface area contributed by atoms with Crippen molar-refractivity contribution in [1.82, 2.24) is 0 Å². The van der Waals surface area contributed by atoms with Gasteiger partial charge in [-0.3, -0.25) is 0 Å². The molecule has 0 heterocycles. The Morgan fingerprint density at radius 2 is 1.07 bits per heavy atom. The summed E-state index contributed by atoms with van der Waals surface area (Å²) >= 11 is 0. The van der Waals surface area contributed by atoms with Gasteiger partial charge in [0, 0.05) is 5.69 Å². The van der Waals surface area contributed by atoms with E-state index in [9.17, 15) is 0 Å². The summed E-state index contributed by atoms with van der Waals surface area (Å²) in [5, 5.41) is 4.38. The first kappa shape index (κ1) is 17.3. The third kappa shape index (κ3) is 3.71. The van der Waals surface area contributed by atoms with Crippen molar-refractivity contribution in [2.45, 2.75) is 6.92 Å². The van der Waals surface area contributed by atoms with E-state index < -0.39 is 8.80 Å². The molecule has 2 N–H and O–H groups in total. The van der Waals surface area contributed by atoms with Crippen LogP contribution in [-0.4, -0.2) is 8.80 Å². The highest BCUT2D eigenvalue weighted by atomic mass is 28.3. The normalized spacial score (nSPS) is 11.9. The van der Waals surface area contributed by atoms with Crippen LogP contribution in [-0.2, 0) is 0 Å². The number of hydrogen-bond acceptors (Lipinski definition) is 1. The fourth-order valence-corrected chi connectivity index (χ4v) is 6.79. The molecule has 0 aromatic heterocycles. The molecular formula is C25H23NSi. The van der Waals surface area contributed by atoms with E-state index in [1.165, 1.54) is 32.3 Å². The van der Waals surface area contributed by atoms with Crippen LogP contribution in [0.25, 0.3) is 11.1 Å². The highest BCUT2D eigenvalue weighted by Gasteiger charge is 2.20. The lowest BCUT2D eigenvalue weighted by molar-refractivity contribution is 1.51. The Bertz CT molecular complexity index is 1020. The van der Waals surface area contributed by atoms with E-state index in [1.54, 1.807) is 0 Å². The lowest BCUT2D eigenvalue weighted by Gasteiger charge is -2.19. The van der Waals surface area contributed by atoms with Crippen LogP contribution >= 0.6 is 0 Å². The fourth-order valence-electron chi connectivity index (χ4n) is 3.65. The zero-order chi connectivity index (χ0) is 18.6. The fraction of sp³-hybridized carbons (Fsp3) is 0.0400. The Balaban J connectivity index is 1.77. The molecule has 0 fully saturated rings.